The minimum Gasteiger partial charge on any atom is -0.497 e. The molecule has 0 radical (unpaired) electrons. The first-order valence-electron chi connectivity index (χ1n) is 9.74. The molecule has 1 aromatic heterocycles. The summed E-state index contributed by atoms with van der Waals surface area (Å²) in [7, 11) is 0.449. The van der Waals surface area contributed by atoms with E-state index < -0.39 is 13.7 Å². The maximum atomic E-state index is 12.8. The van der Waals surface area contributed by atoms with E-state index in [4.69, 9.17) is 18.6 Å². The molecule has 0 unspecified atom stereocenters. The third-order valence-corrected chi connectivity index (χ3v) is 6.40. The van der Waals surface area contributed by atoms with Gasteiger partial charge in [0, 0.05) is 31.7 Å². The van der Waals surface area contributed by atoms with Crippen molar-refractivity contribution in [2.75, 3.05) is 20.5 Å². The maximum Gasteiger partial charge on any atom is 0.344 e. The molecule has 3 aromatic rings. The van der Waals surface area contributed by atoms with Crippen LogP contribution in [0.1, 0.15) is 5.56 Å². The highest BCUT2D eigenvalue weighted by molar-refractivity contribution is 6.76. The van der Waals surface area contributed by atoms with Crippen LogP contribution in [-0.4, -0.2) is 28.6 Å². The Kier molecular flexibility index (Phi) is 6.90. The van der Waals surface area contributed by atoms with Crippen LogP contribution in [0.15, 0.2) is 57.7 Å². The minimum absolute atomic E-state index is 0.191. The number of benzene rings is 2. The molecule has 0 fully saturated rings. The van der Waals surface area contributed by atoms with Gasteiger partial charge < -0.3 is 18.6 Å². The molecule has 3 rings (SSSR count). The van der Waals surface area contributed by atoms with Crippen LogP contribution in [0, 0.1) is 0 Å². The van der Waals surface area contributed by atoms with Crippen molar-refractivity contribution >= 4 is 19.0 Å². The molecule has 2 aromatic carbocycles. The fourth-order valence-corrected chi connectivity index (χ4v) is 3.82. The zero-order valence-corrected chi connectivity index (χ0v) is 18.5. The lowest BCUT2D eigenvalue weighted by molar-refractivity contribution is -0.0569. The van der Waals surface area contributed by atoms with Crippen LogP contribution in [0.4, 0.5) is 0 Å². The fraction of sp³-hybridized carbons (Fsp3) is 0.348. The van der Waals surface area contributed by atoms with Crippen LogP contribution >= 0.6 is 0 Å². The SMILES string of the molecule is COc1ccc2c(COCOCC[Si](C)(C)C)c(-c3ccccc3)c(=O)oc2c1. The van der Waals surface area contributed by atoms with Gasteiger partial charge in [-0.1, -0.05) is 50.0 Å². The second-order valence-corrected chi connectivity index (χ2v) is 13.8. The summed E-state index contributed by atoms with van der Waals surface area (Å²) >= 11 is 0. The lowest BCUT2D eigenvalue weighted by atomic mass is 9.99. The predicted octanol–water partition coefficient (Wildman–Crippen LogP) is 5.30. The highest BCUT2D eigenvalue weighted by Gasteiger charge is 2.17. The average molecular weight is 413 g/mol. The molecule has 29 heavy (non-hydrogen) atoms. The van der Waals surface area contributed by atoms with Gasteiger partial charge in [-0.15, -0.1) is 0 Å². The first-order valence-corrected chi connectivity index (χ1v) is 13.4. The summed E-state index contributed by atoms with van der Waals surface area (Å²) in [6.07, 6.45) is 0. The summed E-state index contributed by atoms with van der Waals surface area (Å²) < 4.78 is 22.3. The summed E-state index contributed by atoms with van der Waals surface area (Å²) in [5, 5.41) is 0.825. The molecule has 1 heterocycles. The van der Waals surface area contributed by atoms with E-state index in [1.807, 2.05) is 42.5 Å². The van der Waals surface area contributed by atoms with E-state index in [2.05, 4.69) is 19.6 Å². The maximum absolute atomic E-state index is 12.8. The summed E-state index contributed by atoms with van der Waals surface area (Å²) in [6, 6.07) is 16.1. The molecule has 0 atom stereocenters. The molecule has 0 N–H and O–H groups in total. The molecule has 154 valence electrons. The molecule has 0 saturated carbocycles. The van der Waals surface area contributed by atoms with Crippen molar-refractivity contribution in [1.29, 1.82) is 0 Å². The van der Waals surface area contributed by atoms with Gasteiger partial charge in [0.05, 0.1) is 19.3 Å². The molecule has 0 aliphatic rings. The van der Waals surface area contributed by atoms with E-state index >= 15 is 0 Å². The van der Waals surface area contributed by atoms with Crippen molar-refractivity contribution < 1.29 is 18.6 Å². The highest BCUT2D eigenvalue weighted by atomic mass is 28.3. The second-order valence-electron chi connectivity index (χ2n) is 8.16. The zero-order valence-electron chi connectivity index (χ0n) is 17.5. The normalized spacial score (nSPS) is 11.7. The number of hydrogen-bond donors (Lipinski definition) is 0. The Hall–Kier alpha value is -2.41. The average Bonchev–Trinajstić information content (AvgIpc) is 2.69. The minimum atomic E-state index is -1.13. The molecule has 0 bridgehead atoms. The fourth-order valence-electron chi connectivity index (χ4n) is 3.06. The lowest BCUT2D eigenvalue weighted by Crippen LogP contribution is -2.22. The molecule has 0 aliphatic carbocycles. The van der Waals surface area contributed by atoms with E-state index in [9.17, 15) is 4.79 Å². The zero-order chi connectivity index (χ0) is 20.9. The van der Waals surface area contributed by atoms with Gasteiger partial charge in [-0.2, -0.15) is 0 Å². The standard InChI is InChI=1S/C23H28O5Si/c1-25-18-10-11-19-20(15-27-16-26-12-13-29(2,3)4)22(17-8-6-5-7-9-17)23(24)28-21(19)14-18/h5-11,14H,12-13,15-16H2,1-4H3. The topological polar surface area (TPSA) is 57.9 Å². The van der Waals surface area contributed by atoms with Crippen LogP contribution in [-0.2, 0) is 16.1 Å². The van der Waals surface area contributed by atoms with Crippen molar-refractivity contribution in [1.82, 2.24) is 0 Å². The summed E-state index contributed by atoms with van der Waals surface area (Å²) in [5.41, 5.74) is 2.20. The number of ether oxygens (including phenoxy) is 3. The van der Waals surface area contributed by atoms with Gasteiger partial charge in [0.25, 0.3) is 0 Å². The number of methoxy groups -OCH3 is 1. The van der Waals surface area contributed by atoms with Crippen molar-refractivity contribution in [2.45, 2.75) is 32.3 Å². The van der Waals surface area contributed by atoms with Gasteiger partial charge in [-0.3, -0.25) is 0 Å². The van der Waals surface area contributed by atoms with Crippen molar-refractivity contribution in [3.63, 3.8) is 0 Å². The van der Waals surface area contributed by atoms with Gasteiger partial charge in [-0.05, 0) is 23.7 Å². The third kappa shape index (κ3) is 5.56. The number of fused-ring (bicyclic) bond motifs is 1. The van der Waals surface area contributed by atoms with Gasteiger partial charge in [0.15, 0.2) is 0 Å². The molecule has 0 spiro atoms. The quantitative estimate of drug-likeness (QED) is 0.207. The van der Waals surface area contributed by atoms with Crippen molar-refractivity contribution in [2.24, 2.45) is 0 Å². The van der Waals surface area contributed by atoms with Crippen LogP contribution in [0.25, 0.3) is 22.1 Å². The first kappa shape index (κ1) is 21.3. The Morgan fingerprint density at radius 1 is 1.00 bits per heavy atom. The number of rotatable bonds is 9. The van der Waals surface area contributed by atoms with E-state index in [1.54, 1.807) is 13.2 Å². The van der Waals surface area contributed by atoms with Crippen LogP contribution in [0.2, 0.25) is 25.7 Å². The second kappa shape index (κ2) is 9.39. The summed E-state index contributed by atoms with van der Waals surface area (Å²) in [4.78, 5) is 12.8. The smallest absolute Gasteiger partial charge is 0.344 e. The molecule has 0 amide bonds. The van der Waals surface area contributed by atoms with Crippen LogP contribution in [0.5, 0.6) is 5.75 Å². The van der Waals surface area contributed by atoms with E-state index in [-0.39, 0.29) is 13.4 Å². The van der Waals surface area contributed by atoms with E-state index in [0.717, 1.165) is 22.6 Å². The molecular formula is C23H28O5Si. The van der Waals surface area contributed by atoms with Gasteiger partial charge in [0.1, 0.15) is 18.1 Å². The Morgan fingerprint density at radius 2 is 1.76 bits per heavy atom. The van der Waals surface area contributed by atoms with Crippen LogP contribution < -0.4 is 10.4 Å². The molecule has 5 nitrogen and oxygen atoms in total. The molecule has 0 saturated heterocycles. The predicted molar refractivity (Wildman–Crippen MR) is 118 cm³/mol. The Morgan fingerprint density at radius 3 is 2.45 bits per heavy atom. The largest absolute Gasteiger partial charge is 0.497 e. The molecular weight excluding hydrogens is 384 g/mol. The van der Waals surface area contributed by atoms with Crippen molar-refractivity contribution in [3.8, 4) is 16.9 Å². The van der Waals surface area contributed by atoms with Gasteiger partial charge in [0.2, 0.25) is 0 Å². The van der Waals surface area contributed by atoms with E-state index in [1.165, 1.54) is 0 Å². The number of hydrogen-bond acceptors (Lipinski definition) is 5. The molecule has 6 heteroatoms. The Balaban J connectivity index is 1.89. The third-order valence-electron chi connectivity index (χ3n) is 4.69. The monoisotopic (exact) mass is 412 g/mol. The van der Waals surface area contributed by atoms with Gasteiger partial charge in [-0.25, -0.2) is 4.79 Å². The Bertz CT molecular complexity index is 1010. The first-order chi connectivity index (χ1) is 13.9. The molecule has 0 aliphatic heterocycles. The Labute approximate surface area is 172 Å². The van der Waals surface area contributed by atoms with E-state index in [0.29, 0.717) is 23.5 Å². The summed E-state index contributed by atoms with van der Waals surface area (Å²) in [6.45, 7) is 8.07. The van der Waals surface area contributed by atoms with Crippen molar-refractivity contribution in [3.05, 3.63) is 64.5 Å². The highest BCUT2D eigenvalue weighted by Crippen LogP contribution is 2.30. The lowest BCUT2D eigenvalue weighted by Gasteiger charge is -2.16. The summed E-state index contributed by atoms with van der Waals surface area (Å²) in [5.74, 6) is 0.634. The van der Waals surface area contributed by atoms with Crippen LogP contribution in [0.3, 0.4) is 0 Å². The van der Waals surface area contributed by atoms with Gasteiger partial charge >= 0.3 is 5.63 Å².